The molecule has 2 amide bonds. The van der Waals surface area contributed by atoms with Crippen molar-refractivity contribution < 1.29 is 14.3 Å². The number of piperazine rings is 1. The van der Waals surface area contributed by atoms with Gasteiger partial charge in [0, 0.05) is 46.4 Å². The Morgan fingerprint density at radius 2 is 1.89 bits per heavy atom. The molecule has 0 spiro atoms. The molecular formula is C21H29N3O3. The normalized spacial score (nSPS) is 22.8. The second-order valence-corrected chi connectivity index (χ2v) is 7.17. The van der Waals surface area contributed by atoms with Gasteiger partial charge in [0.15, 0.2) is 0 Å². The van der Waals surface area contributed by atoms with Crippen LogP contribution >= 0.6 is 0 Å². The van der Waals surface area contributed by atoms with Crippen LogP contribution in [0.15, 0.2) is 36.4 Å². The number of benzene rings is 1. The van der Waals surface area contributed by atoms with Crippen molar-refractivity contribution in [3.05, 3.63) is 42.0 Å². The van der Waals surface area contributed by atoms with Gasteiger partial charge in [-0.3, -0.25) is 14.5 Å². The van der Waals surface area contributed by atoms with Crippen LogP contribution in [-0.4, -0.2) is 74.6 Å². The van der Waals surface area contributed by atoms with Gasteiger partial charge in [-0.25, -0.2) is 0 Å². The van der Waals surface area contributed by atoms with E-state index in [1.807, 2.05) is 23.1 Å². The molecule has 2 fully saturated rings. The lowest BCUT2D eigenvalue weighted by Gasteiger charge is -2.34. The van der Waals surface area contributed by atoms with E-state index in [9.17, 15) is 9.59 Å². The summed E-state index contributed by atoms with van der Waals surface area (Å²) in [4.78, 5) is 28.9. The third-order valence-corrected chi connectivity index (χ3v) is 5.21. The molecule has 1 heterocycles. The number of hydrogen-bond acceptors (Lipinski definition) is 4. The predicted molar refractivity (Wildman–Crippen MR) is 105 cm³/mol. The smallest absolute Gasteiger partial charge is 0.226 e. The lowest BCUT2D eigenvalue weighted by atomic mass is 10.2. The monoisotopic (exact) mass is 371 g/mol. The quantitative estimate of drug-likeness (QED) is 0.699. The summed E-state index contributed by atoms with van der Waals surface area (Å²) in [6.45, 7) is 5.13. The van der Waals surface area contributed by atoms with Gasteiger partial charge in [-0.2, -0.15) is 0 Å². The molecule has 1 aliphatic heterocycles. The summed E-state index contributed by atoms with van der Waals surface area (Å²) < 4.78 is 4.93. The highest BCUT2D eigenvalue weighted by Crippen LogP contribution is 2.40. The van der Waals surface area contributed by atoms with Crippen molar-refractivity contribution in [2.75, 3.05) is 53.0 Å². The molecule has 1 aromatic rings. The molecule has 1 aliphatic carbocycles. The second-order valence-electron chi connectivity index (χ2n) is 7.17. The van der Waals surface area contributed by atoms with Crippen molar-refractivity contribution in [2.24, 2.45) is 11.8 Å². The van der Waals surface area contributed by atoms with Crippen molar-refractivity contribution in [2.45, 2.75) is 6.42 Å². The number of methoxy groups -OCH3 is 1. The topological polar surface area (TPSA) is 61.9 Å². The molecule has 0 bridgehead atoms. The molecule has 2 atom stereocenters. The Balaban J connectivity index is 1.36. The van der Waals surface area contributed by atoms with E-state index in [0.717, 1.165) is 32.7 Å². The molecule has 6 nitrogen and oxygen atoms in total. The van der Waals surface area contributed by atoms with Gasteiger partial charge in [0.05, 0.1) is 18.4 Å². The molecule has 6 heteroatoms. The van der Waals surface area contributed by atoms with E-state index in [2.05, 4.69) is 34.5 Å². The van der Waals surface area contributed by atoms with Crippen LogP contribution in [0.3, 0.4) is 0 Å². The van der Waals surface area contributed by atoms with Crippen molar-refractivity contribution in [1.82, 2.24) is 15.1 Å². The summed E-state index contributed by atoms with van der Waals surface area (Å²) in [5, 5.41) is 2.83. The number of carbonyl (C=O) groups excluding carboxylic acids is 2. The Bertz CT molecular complexity index is 654. The highest BCUT2D eigenvalue weighted by Gasteiger charge is 2.49. The highest BCUT2D eigenvalue weighted by molar-refractivity contribution is 5.92. The minimum atomic E-state index is -0.152. The molecule has 3 rings (SSSR count). The number of nitrogens with one attached hydrogen (secondary N) is 1. The summed E-state index contributed by atoms with van der Waals surface area (Å²) in [6.07, 6.45) is 4.99. The zero-order valence-corrected chi connectivity index (χ0v) is 16.0. The first kappa shape index (κ1) is 19.6. The highest BCUT2D eigenvalue weighted by atomic mass is 16.5. The molecule has 2 unspecified atom stereocenters. The van der Waals surface area contributed by atoms with Crippen molar-refractivity contribution in [1.29, 1.82) is 0 Å². The Morgan fingerprint density at radius 3 is 2.59 bits per heavy atom. The van der Waals surface area contributed by atoms with Gasteiger partial charge >= 0.3 is 0 Å². The average molecular weight is 371 g/mol. The molecule has 1 saturated heterocycles. The predicted octanol–water partition coefficient (Wildman–Crippen LogP) is 1.24. The van der Waals surface area contributed by atoms with Gasteiger partial charge in [-0.1, -0.05) is 42.5 Å². The Morgan fingerprint density at radius 1 is 1.15 bits per heavy atom. The number of amides is 2. The molecule has 0 aromatic heterocycles. The summed E-state index contributed by atoms with van der Waals surface area (Å²) in [5.74, 6) is -0.158. The molecule has 1 saturated carbocycles. The van der Waals surface area contributed by atoms with E-state index in [4.69, 9.17) is 4.74 Å². The van der Waals surface area contributed by atoms with Crippen LogP contribution in [0.2, 0.25) is 0 Å². The Hall–Kier alpha value is -2.18. The molecule has 0 radical (unpaired) electrons. The van der Waals surface area contributed by atoms with Gasteiger partial charge < -0.3 is 15.0 Å². The lowest BCUT2D eigenvalue weighted by Crippen LogP contribution is -2.49. The van der Waals surface area contributed by atoms with Gasteiger partial charge in [0.25, 0.3) is 0 Å². The van der Waals surface area contributed by atoms with Gasteiger partial charge in [-0.05, 0) is 12.0 Å². The zero-order chi connectivity index (χ0) is 19.1. The summed E-state index contributed by atoms with van der Waals surface area (Å²) in [7, 11) is 1.60. The van der Waals surface area contributed by atoms with E-state index in [0.29, 0.717) is 19.6 Å². The molecular weight excluding hydrogens is 342 g/mol. The molecule has 1 N–H and O–H groups in total. The lowest BCUT2D eigenvalue weighted by molar-refractivity contribution is -0.136. The minimum Gasteiger partial charge on any atom is -0.383 e. The van der Waals surface area contributed by atoms with E-state index in [1.54, 1.807) is 7.11 Å². The molecule has 1 aromatic carbocycles. The average Bonchev–Trinajstić information content (AvgIpc) is 3.50. The van der Waals surface area contributed by atoms with Crippen LogP contribution < -0.4 is 5.32 Å². The maximum Gasteiger partial charge on any atom is 0.226 e. The van der Waals surface area contributed by atoms with E-state index in [-0.39, 0.29) is 23.7 Å². The standard InChI is InChI=1S/C21H29N3O3/c1-27-15-9-22-20(25)18-16-19(18)21(26)24-13-11-23(12-14-24)10-5-8-17-6-3-2-4-7-17/h2-8,18-19H,9-16H2,1H3,(H,22,25)/b8-5+. The Kier molecular flexibility index (Phi) is 7.01. The van der Waals surface area contributed by atoms with Crippen LogP contribution in [-0.2, 0) is 14.3 Å². The summed E-state index contributed by atoms with van der Waals surface area (Å²) >= 11 is 0. The third kappa shape index (κ3) is 5.65. The molecule has 27 heavy (non-hydrogen) atoms. The van der Waals surface area contributed by atoms with Crippen LogP contribution in [0.5, 0.6) is 0 Å². The van der Waals surface area contributed by atoms with Crippen LogP contribution in [0, 0.1) is 11.8 Å². The minimum absolute atomic E-state index is 0.0184. The number of ether oxygens (including phenoxy) is 1. The first-order chi connectivity index (χ1) is 13.2. The number of nitrogens with zero attached hydrogens (tertiary/aromatic N) is 2. The first-order valence-corrected chi connectivity index (χ1v) is 9.68. The summed E-state index contributed by atoms with van der Waals surface area (Å²) in [5.41, 5.74) is 1.20. The fourth-order valence-electron chi connectivity index (χ4n) is 3.45. The van der Waals surface area contributed by atoms with Crippen molar-refractivity contribution in [3.63, 3.8) is 0 Å². The van der Waals surface area contributed by atoms with Crippen LogP contribution in [0.4, 0.5) is 0 Å². The number of hydrogen-bond donors (Lipinski definition) is 1. The van der Waals surface area contributed by atoms with Gasteiger partial charge in [0.2, 0.25) is 11.8 Å². The summed E-state index contributed by atoms with van der Waals surface area (Å²) in [6, 6.07) is 10.3. The molecule has 2 aliphatic rings. The van der Waals surface area contributed by atoms with Gasteiger partial charge in [-0.15, -0.1) is 0 Å². The number of rotatable bonds is 8. The fraction of sp³-hybridized carbons (Fsp3) is 0.524. The largest absolute Gasteiger partial charge is 0.383 e. The molecule has 146 valence electrons. The Labute approximate surface area is 161 Å². The second kappa shape index (κ2) is 9.67. The first-order valence-electron chi connectivity index (χ1n) is 9.68. The maximum absolute atomic E-state index is 12.6. The van der Waals surface area contributed by atoms with Crippen LogP contribution in [0.25, 0.3) is 6.08 Å². The van der Waals surface area contributed by atoms with E-state index < -0.39 is 0 Å². The SMILES string of the molecule is COCCNC(=O)C1CC1C(=O)N1CCN(C/C=C/c2ccccc2)CC1. The van der Waals surface area contributed by atoms with Gasteiger partial charge in [0.1, 0.15) is 0 Å². The van der Waals surface area contributed by atoms with Crippen molar-refractivity contribution in [3.8, 4) is 0 Å². The van der Waals surface area contributed by atoms with Crippen LogP contribution in [0.1, 0.15) is 12.0 Å². The zero-order valence-electron chi connectivity index (χ0n) is 16.0. The maximum atomic E-state index is 12.6. The number of carbonyl (C=O) groups is 2. The van der Waals surface area contributed by atoms with Crippen molar-refractivity contribution >= 4 is 17.9 Å². The third-order valence-electron chi connectivity index (χ3n) is 5.21. The fourth-order valence-corrected chi connectivity index (χ4v) is 3.45. The van der Waals surface area contributed by atoms with E-state index >= 15 is 0 Å². The van der Waals surface area contributed by atoms with E-state index in [1.165, 1.54) is 5.56 Å².